The molecule has 0 bridgehead atoms. The summed E-state index contributed by atoms with van der Waals surface area (Å²) in [6, 6.07) is 5.70. The Morgan fingerprint density at radius 1 is 1.43 bits per heavy atom. The summed E-state index contributed by atoms with van der Waals surface area (Å²) in [5.74, 6) is 0.213. The number of hydrogen-bond donors (Lipinski definition) is 2. The standard InChI is InChI=1S/C14H18F3N3O/c1-13(2)7-9(13)8-19-12(18)20-10-5-3-4-6-11(10)21-14(15,16)17/h3-6,9H,7-8H2,1-2H3,(H3,18,19,20). The van der Waals surface area contributed by atoms with E-state index >= 15 is 0 Å². The number of ether oxygens (including phenoxy) is 1. The highest BCUT2D eigenvalue weighted by Crippen LogP contribution is 2.51. The summed E-state index contributed by atoms with van der Waals surface area (Å²) < 4.78 is 40.8. The first kappa shape index (κ1) is 15.5. The van der Waals surface area contributed by atoms with Gasteiger partial charge >= 0.3 is 6.36 Å². The smallest absolute Gasteiger partial charge is 0.404 e. The van der Waals surface area contributed by atoms with Gasteiger partial charge in [-0.1, -0.05) is 26.0 Å². The predicted octanol–water partition coefficient (Wildman–Crippen LogP) is 3.36. The van der Waals surface area contributed by atoms with Crippen LogP contribution >= 0.6 is 0 Å². The van der Waals surface area contributed by atoms with E-state index in [9.17, 15) is 13.2 Å². The highest BCUT2D eigenvalue weighted by molar-refractivity contribution is 5.93. The lowest BCUT2D eigenvalue weighted by atomic mass is 10.1. The molecule has 2 rings (SSSR count). The van der Waals surface area contributed by atoms with Crippen molar-refractivity contribution in [3.63, 3.8) is 0 Å². The van der Waals surface area contributed by atoms with Gasteiger partial charge in [-0.25, -0.2) is 0 Å². The average Bonchev–Trinajstić information content (AvgIpc) is 2.95. The molecule has 1 atom stereocenters. The number of rotatable bonds is 4. The fourth-order valence-electron chi connectivity index (χ4n) is 2.06. The van der Waals surface area contributed by atoms with E-state index < -0.39 is 6.36 Å². The molecule has 0 radical (unpaired) electrons. The summed E-state index contributed by atoms with van der Waals surface area (Å²) >= 11 is 0. The summed E-state index contributed by atoms with van der Waals surface area (Å²) in [7, 11) is 0. The van der Waals surface area contributed by atoms with Crippen molar-refractivity contribution >= 4 is 11.6 Å². The van der Waals surface area contributed by atoms with Gasteiger partial charge in [0.05, 0.1) is 5.69 Å². The van der Waals surface area contributed by atoms with Crippen LogP contribution in [0.5, 0.6) is 5.75 Å². The second-order valence-corrected chi connectivity index (χ2v) is 5.78. The molecule has 1 unspecified atom stereocenters. The highest BCUT2D eigenvalue weighted by Gasteiger charge is 2.45. The Bertz CT molecular complexity index is 541. The Balaban J connectivity index is 2.00. The summed E-state index contributed by atoms with van der Waals surface area (Å²) in [5.41, 5.74) is 6.11. The molecule has 0 aromatic heterocycles. The second-order valence-electron chi connectivity index (χ2n) is 5.78. The number of halogens is 3. The van der Waals surface area contributed by atoms with Crippen LogP contribution in [0.4, 0.5) is 18.9 Å². The fourth-order valence-corrected chi connectivity index (χ4v) is 2.06. The zero-order valence-electron chi connectivity index (χ0n) is 11.9. The summed E-state index contributed by atoms with van der Waals surface area (Å²) in [5, 5.41) is 2.65. The number of nitrogens with one attached hydrogen (secondary N) is 1. The second kappa shape index (κ2) is 5.46. The molecule has 116 valence electrons. The first-order valence-corrected chi connectivity index (χ1v) is 6.59. The lowest BCUT2D eigenvalue weighted by molar-refractivity contribution is -0.274. The zero-order chi connectivity index (χ0) is 15.7. The Hall–Kier alpha value is -1.92. The van der Waals surface area contributed by atoms with E-state index in [1.165, 1.54) is 18.2 Å². The van der Waals surface area contributed by atoms with E-state index in [0.717, 1.165) is 6.42 Å². The molecule has 1 fully saturated rings. The largest absolute Gasteiger partial charge is 0.573 e. The minimum atomic E-state index is -4.75. The van der Waals surface area contributed by atoms with E-state index in [1.807, 2.05) is 0 Å². The van der Waals surface area contributed by atoms with Crippen molar-refractivity contribution in [2.75, 3.05) is 11.9 Å². The van der Waals surface area contributed by atoms with Gasteiger partial charge in [0.25, 0.3) is 0 Å². The van der Waals surface area contributed by atoms with Gasteiger partial charge in [0.1, 0.15) is 0 Å². The molecule has 3 N–H and O–H groups in total. The molecule has 0 spiro atoms. The van der Waals surface area contributed by atoms with E-state index in [-0.39, 0.29) is 22.8 Å². The molecule has 1 saturated carbocycles. The third-order valence-electron chi connectivity index (χ3n) is 3.58. The number of hydrogen-bond acceptors (Lipinski definition) is 2. The number of benzene rings is 1. The van der Waals surface area contributed by atoms with Gasteiger partial charge in [0.15, 0.2) is 11.7 Å². The van der Waals surface area contributed by atoms with E-state index in [1.54, 1.807) is 6.07 Å². The molecule has 7 heteroatoms. The van der Waals surface area contributed by atoms with Crippen molar-refractivity contribution in [2.45, 2.75) is 26.6 Å². The van der Waals surface area contributed by atoms with E-state index in [0.29, 0.717) is 12.5 Å². The highest BCUT2D eigenvalue weighted by atomic mass is 19.4. The van der Waals surface area contributed by atoms with E-state index in [4.69, 9.17) is 5.73 Å². The summed E-state index contributed by atoms with van der Waals surface area (Å²) in [6.45, 7) is 4.85. The average molecular weight is 301 g/mol. The van der Waals surface area contributed by atoms with Gasteiger partial charge in [0.2, 0.25) is 0 Å². The third-order valence-corrected chi connectivity index (χ3v) is 3.58. The van der Waals surface area contributed by atoms with Gasteiger partial charge in [-0.05, 0) is 29.9 Å². The number of aliphatic imine (C=N–C) groups is 1. The lowest BCUT2D eigenvalue weighted by Gasteiger charge is -2.14. The molecule has 1 aromatic carbocycles. The number of nitrogens with zero attached hydrogens (tertiary/aromatic N) is 1. The maximum Gasteiger partial charge on any atom is 0.573 e. The van der Waals surface area contributed by atoms with Gasteiger partial charge in [-0.3, -0.25) is 4.99 Å². The first-order valence-electron chi connectivity index (χ1n) is 6.59. The molecule has 0 heterocycles. The van der Waals surface area contributed by atoms with Crippen molar-refractivity contribution in [3.05, 3.63) is 24.3 Å². The Morgan fingerprint density at radius 3 is 2.62 bits per heavy atom. The number of anilines is 1. The SMILES string of the molecule is CC1(C)CC1CN=C(N)Nc1ccccc1OC(F)(F)F. The van der Waals surface area contributed by atoms with Crippen LogP contribution in [-0.2, 0) is 0 Å². The molecular weight excluding hydrogens is 283 g/mol. The monoisotopic (exact) mass is 301 g/mol. The van der Waals surface area contributed by atoms with Gasteiger partial charge < -0.3 is 15.8 Å². The van der Waals surface area contributed by atoms with Crippen LogP contribution in [0.2, 0.25) is 0 Å². The third kappa shape index (κ3) is 4.54. The molecule has 0 aliphatic heterocycles. The zero-order valence-corrected chi connectivity index (χ0v) is 11.9. The lowest BCUT2D eigenvalue weighted by Crippen LogP contribution is -2.25. The Labute approximate surface area is 121 Å². The number of para-hydroxylation sites is 2. The predicted molar refractivity (Wildman–Crippen MR) is 75.1 cm³/mol. The van der Waals surface area contributed by atoms with Crippen molar-refractivity contribution in [3.8, 4) is 5.75 Å². The first-order chi connectivity index (χ1) is 9.67. The number of alkyl halides is 3. The fraction of sp³-hybridized carbons (Fsp3) is 0.500. The minimum Gasteiger partial charge on any atom is -0.404 e. The van der Waals surface area contributed by atoms with Crippen LogP contribution in [0.3, 0.4) is 0 Å². The van der Waals surface area contributed by atoms with Gasteiger partial charge in [-0.2, -0.15) is 0 Å². The summed E-state index contributed by atoms with van der Waals surface area (Å²) in [4.78, 5) is 4.16. The van der Waals surface area contributed by atoms with Crippen LogP contribution in [0.1, 0.15) is 20.3 Å². The molecule has 21 heavy (non-hydrogen) atoms. The van der Waals surface area contributed by atoms with Crippen molar-refractivity contribution in [1.29, 1.82) is 0 Å². The van der Waals surface area contributed by atoms with Crippen molar-refractivity contribution in [1.82, 2.24) is 0 Å². The number of nitrogens with two attached hydrogens (primary N) is 1. The Morgan fingerprint density at radius 2 is 2.05 bits per heavy atom. The normalized spacial score (nSPS) is 21.0. The minimum absolute atomic E-state index is 0.0796. The quantitative estimate of drug-likeness (QED) is 0.662. The van der Waals surface area contributed by atoms with Gasteiger partial charge in [-0.15, -0.1) is 13.2 Å². The van der Waals surface area contributed by atoms with Crippen LogP contribution in [0.15, 0.2) is 29.3 Å². The molecule has 0 amide bonds. The molecule has 4 nitrogen and oxygen atoms in total. The molecule has 0 saturated heterocycles. The van der Waals surface area contributed by atoms with Crippen LogP contribution in [0, 0.1) is 11.3 Å². The Kier molecular flexibility index (Phi) is 4.02. The van der Waals surface area contributed by atoms with Crippen LogP contribution in [0.25, 0.3) is 0 Å². The maximum absolute atomic E-state index is 12.3. The van der Waals surface area contributed by atoms with Crippen LogP contribution in [-0.4, -0.2) is 18.9 Å². The molecule has 1 aliphatic rings. The van der Waals surface area contributed by atoms with E-state index in [2.05, 4.69) is 28.9 Å². The molecule has 1 aromatic rings. The molecule has 1 aliphatic carbocycles. The maximum atomic E-state index is 12.3. The number of guanidine groups is 1. The van der Waals surface area contributed by atoms with Gasteiger partial charge in [0, 0.05) is 6.54 Å². The van der Waals surface area contributed by atoms with Crippen molar-refractivity contribution < 1.29 is 17.9 Å². The summed E-state index contributed by atoms with van der Waals surface area (Å²) in [6.07, 6.45) is -3.67. The van der Waals surface area contributed by atoms with Crippen LogP contribution < -0.4 is 15.8 Å². The molecular formula is C14H18F3N3O. The topological polar surface area (TPSA) is 59.6 Å². The van der Waals surface area contributed by atoms with Crippen molar-refractivity contribution in [2.24, 2.45) is 22.1 Å².